The van der Waals surface area contributed by atoms with E-state index in [4.69, 9.17) is 4.52 Å². The number of fused-ring (bicyclic) bond motifs is 5. The predicted molar refractivity (Wildman–Crippen MR) is 66.2 cm³/mol. The molecule has 1 aromatic rings. The van der Waals surface area contributed by atoms with Gasteiger partial charge in [0.05, 0.1) is 17.5 Å². The molecular formula is C14H14N2O3. The minimum Gasteiger partial charge on any atom is -0.337 e. The maximum atomic E-state index is 12.5. The van der Waals surface area contributed by atoms with Crippen LogP contribution in [-0.4, -0.2) is 17.0 Å². The molecule has 4 unspecified atom stereocenters. The van der Waals surface area contributed by atoms with Gasteiger partial charge in [0.2, 0.25) is 17.7 Å². The summed E-state index contributed by atoms with van der Waals surface area (Å²) in [5, 5.41) is 3.84. The number of hydrogen-bond donors (Lipinski definition) is 0. The molecule has 3 aliphatic rings. The van der Waals surface area contributed by atoms with Crippen molar-refractivity contribution in [1.29, 1.82) is 0 Å². The van der Waals surface area contributed by atoms with E-state index in [0.29, 0.717) is 11.6 Å². The van der Waals surface area contributed by atoms with Gasteiger partial charge in [-0.15, -0.1) is 0 Å². The third kappa shape index (κ3) is 1.18. The molecule has 0 spiro atoms. The number of carbonyl (C=O) groups is 2. The van der Waals surface area contributed by atoms with E-state index in [1.54, 1.807) is 6.92 Å². The van der Waals surface area contributed by atoms with Crippen molar-refractivity contribution in [2.24, 2.45) is 23.7 Å². The van der Waals surface area contributed by atoms with E-state index in [9.17, 15) is 9.59 Å². The van der Waals surface area contributed by atoms with Gasteiger partial charge in [-0.2, -0.15) is 0 Å². The minimum atomic E-state index is -0.188. The van der Waals surface area contributed by atoms with Crippen LogP contribution in [0.3, 0.4) is 0 Å². The van der Waals surface area contributed by atoms with Crippen molar-refractivity contribution in [2.45, 2.75) is 20.3 Å². The van der Waals surface area contributed by atoms with E-state index in [0.717, 1.165) is 12.0 Å². The SMILES string of the molecule is Cc1noc(N2C(=O)C3C4C=CC(C4)C3C2=O)c1C. The van der Waals surface area contributed by atoms with Crippen LogP contribution in [0.25, 0.3) is 0 Å². The number of rotatable bonds is 1. The molecule has 4 atom stereocenters. The first-order valence-corrected chi connectivity index (χ1v) is 6.58. The van der Waals surface area contributed by atoms with Crippen LogP contribution >= 0.6 is 0 Å². The lowest BCUT2D eigenvalue weighted by Crippen LogP contribution is -2.33. The summed E-state index contributed by atoms with van der Waals surface area (Å²) in [6.07, 6.45) is 5.10. The van der Waals surface area contributed by atoms with Crippen molar-refractivity contribution >= 4 is 17.7 Å². The van der Waals surface area contributed by atoms with E-state index < -0.39 is 0 Å². The first-order valence-electron chi connectivity index (χ1n) is 6.58. The second kappa shape index (κ2) is 3.35. The average Bonchev–Trinajstić information content (AvgIpc) is 3.10. The van der Waals surface area contributed by atoms with Gasteiger partial charge in [0.1, 0.15) is 0 Å². The Morgan fingerprint density at radius 2 is 1.74 bits per heavy atom. The summed E-state index contributed by atoms with van der Waals surface area (Å²) in [5.74, 6) is 0.139. The molecular weight excluding hydrogens is 244 g/mol. The molecule has 1 aromatic heterocycles. The fourth-order valence-corrected chi connectivity index (χ4v) is 3.71. The lowest BCUT2D eigenvalue weighted by molar-refractivity contribution is -0.123. The molecule has 1 aliphatic heterocycles. The quantitative estimate of drug-likeness (QED) is 0.567. The van der Waals surface area contributed by atoms with Crippen LogP contribution in [0, 0.1) is 37.5 Å². The third-order valence-corrected chi connectivity index (χ3v) is 4.81. The zero-order valence-electron chi connectivity index (χ0n) is 10.8. The lowest BCUT2D eigenvalue weighted by Gasteiger charge is -2.14. The molecule has 0 radical (unpaired) electrons. The first kappa shape index (κ1) is 11.0. The molecule has 19 heavy (non-hydrogen) atoms. The van der Waals surface area contributed by atoms with Crippen molar-refractivity contribution < 1.29 is 14.1 Å². The molecule has 2 amide bonds. The summed E-state index contributed by atoms with van der Waals surface area (Å²) in [7, 11) is 0. The fraction of sp³-hybridized carbons (Fsp3) is 0.500. The van der Waals surface area contributed by atoms with E-state index in [1.807, 2.05) is 6.92 Å². The average molecular weight is 258 g/mol. The van der Waals surface area contributed by atoms with Crippen LogP contribution in [0.15, 0.2) is 16.7 Å². The zero-order chi connectivity index (χ0) is 13.3. The van der Waals surface area contributed by atoms with Crippen LogP contribution in [0.2, 0.25) is 0 Å². The van der Waals surface area contributed by atoms with Gasteiger partial charge in [0, 0.05) is 5.56 Å². The summed E-state index contributed by atoms with van der Waals surface area (Å²) in [5.41, 5.74) is 1.48. The van der Waals surface area contributed by atoms with Gasteiger partial charge >= 0.3 is 0 Å². The zero-order valence-corrected chi connectivity index (χ0v) is 10.8. The second-order valence-electron chi connectivity index (χ2n) is 5.71. The number of anilines is 1. The highest BCUT2D eigenvalue weighted by atomic mass is 16.5. The van der Waals surface area contributed by atoms with Gasteiger partial charge < -0.3 is 4.52 Å². The van der Waals surface area contributed by atoms with Gasteiger partial charge in [-0.3, -0.25) is 9.59 Å². The molecule has 4 rings (SSSR count). The Kier molecular flexibility index (Phi) is 1.93. The Bertz CT molecular complexity index is 601. The number of aromatic nitrogens is 1. The molecule has 2 heterocycles. The van der Waals surface area contributed by atoms with E-state index in [2.05, 4.69) is 17.3 Å². The molecule has 0 aromatic carbocycles. The van der Waals surface area contributed by atoms with Gasteiger partial charge in [0.25, 0.3) is 0 Å². The summed E-state index contributed by atoms with van der Waals surface area (Å²) < 4.78 is 5.19. The van der Waals surface area contributed by atoms with Crippen molar-refractivity contribution in [1.82, 2.24) is 5.16 Å². The summed E-state index contributed by atoms with van der Waals surface area (Å²) in [4.78, 5) is 26.3. The molecule has 0 N–H and O–H groups in total. The van der Waals surface area contributed by atoms with E-state index in [1.165, 1.54) is 4.90 Å². The topological polar surface area (TPSA) is 63.4 Å². The number of nitrogens with zero attached hydrogens (tertiary/aromatic N) is 2. The number of carbonyl (C=O) groups excluding carboxylic acids is 2. The predicted octanol–water partition coefficient (Wildman–Crippen LogP) is 1.60. The van der Waals surface area contributed by atoms with E-state index in [-0.39, 0.29) is 35.5 Å². The second-order valence-corrected chi connectivity index (χ2v) is 5.71. The molecule has 5 nitrogen and oxygen atoms in total. The Balaban J connectivity index is 1.79. The number of hydrogen-bond acceptors (Lipinski definition) is 4. The first-order chi connectivity index (χ1) is 9.09. The van der Waals surface area contributed by atoms with Crippen molar-refractivity contribution in [3.63, 3.8) is 0 Å². The number of imide groups is 1. The highest BCUT2D eigenvalue weighted by Crippen LogP contribution is 2.53. The van der Waals surface area contributed by atoms with Gasteiger partial charge in [-0.1, -0.05) is 17.3 Å². The molecule has 5 heteroatoms. The molecule has 98 valence electrons. The van der Waals surface area contributed by atoms with Gasteiger partial charge in [-0.05, 0) is 32.1 Å². The van der Waals surface area contributed by atoms with Gasteiger partial charge in [-0.25, -0.2) is 4.90 Å². The Labute approximate surface area is 110 Å². The summed E-state index contributed by atoms with van der Waals surface area (Å²) in [6, 6.07) is 0. The summed E-state index contributed by atoms with van der Waals surface area (Å²) >= 11 is 0. The van der Waals surface area contributed by atoms with Crippen LogP contribution in [-0.2, 0) is 9.59 Å². The van der Waals surface area contributed by atoms with Crippen LogP contribution in [0.1, 0.15) is 17.7 Å². The molecule has 2 aliphatic carbocycles. The highest BCUT2D eigenvalue weighted by Gasteiger charge is 2.60. The fourth-order valence-electron chi connectivity index (χ4n) is 3.71. The largest absolute Gasteiger partial charge is 0.337 e. The molecule has 2 fully saturated rings. The maximum Gasteiger partial charge on any atom is 0.243 e. The Hall–Kier alpha value is -1.91. The van der Waals surface area contributed by atoms with E-state index >= 15 is 0 Å². The number of amides is 2. The number of allylic oxidation sites excluding steroid dienone is 2. The van der Waals surface area contributed by atoms with Crippen LogP contribution in [0.5, 0.6) is 0 Å². The third-order valence-electron chi connectivity index (χ3n) is 4.81. The molecule has 2 bridgehead atoms. The van der Waals surface area contributed by atoms with Crippen molar-refractivity contribution in [3.05, 3.63) is 23.4 Å². The highest BCUT2D eigenvalue weighted by molar-refractivity contribution is 6.22. The Morgan fingerprint density at radius 1 is 1.16 bits per heavy atom. The van der Waals surface area contributed by atoms with Gasteiger partial charge in [0.15, 0.2) is 0 Å². The maximum absolute atomic E-state index is 12.5. The molecule has 1 saturated carbocycles. The Morgan fingerprint density at radius 3 is 2.21 bits per heavy atom. The van der Waals surface area contributed by atoms with Crippen LogP contribution in [0.4, 0.5) is 5.88 Å². The smallest absolute Gasteiger partial charge is 0.243 e. The standard InChI is InChI=1S/C14H14N2O3/c1-6-7(2)15-19-14(6)16-12(17)10-8-3-4-9(5-8)11(10)13(16)18/h3-4,8-11H,5H2,1-2H3. The van der Waals surface area contributed by atoms with Crippen molar-refractivity contribution in [3.8, 4) is 0 Å². The number of aryl methyl sites for hydroxylation is 1. The molecule has 1 saturated heterocycles. The van der Waals surface area contributed by atoms with Crippen molar-refractivity contribution in [2.75, 3.05) is 4.90 Å². The van der Waals surface area contributed by atoms with Crippen LogP contribution < -0.4 is 4.90 Å². The normalized spacial score (nSPS) is 35.6. The lowest BCUT2D eigenvalue weighted by atomic mass is 9.85. The monoisotopic (exact) mass is 258 g/mol. The summed E-state index contributed by atoms with van der Waals surface area (Å²) in [6.45, 7) is 3.63. The minimum absolute atomic E-state index is 0.119.